The van der Waals surface area contributed by atoms with Crippen LogP contribution in [0, 0.1) is 11.3 Å². The highest BCUT2D eigenvalue weighted by molar-refractivity contribution is 7.91. The zero-order chi connectivity index (χ0) is 15.2. The van der Waals surface area contributed by atoms with Crippen LogP contribution in [0.15, 0.2) is 58.3 Å². The molecule has 1 unspecified atom stereocenters. The largest absolute Gasteiger partial charge is 0.606 e. The van der Waals surface area contributed by atoms with Crippen molar-refractivity contribution in [1.29, 1.82) is 5.26 Å². The maximum Gasteiger partial charge on any atom is 0.238 e. The highest BCUT2D eigenvalue weighted by atomic mass is 32.2. The van der Waals surface area contributed by atoms with Gasteiger partial charge in [0.2, 0.25) is 5.91 Å². The fraction of sp³-hybridized carbons (Fsp3) is 0.0667. The van der Waals surface area contributed by atoms with Gasteiger partial charge in [-0.05, 0) is 36.4 Å². The molecular weight excluding hydrogens is 286 g/mol. The molecule has 1 atom stereocenters. The Morgan fingerprint density at radius 3 is 2.57 bits per heavy atom. The van der Waals surface area contributed by atoms with Gasteiger partial charge in [-0.25, -0.2) is 0 Å². The van der Waals surface area contributed by atoms with Crippen LogP contribution in [0.4, 0.5) is 5.69 Å². The Balaban J connectivity index is 2.22. The number of rotatable bonds is 4. The van der Waals surface area contributed by atoms with Gasteiger partial charge in [0.05, 0.1) is 18.2 Å². The smallest absolute Gasteiger partial charge is 0.238 e. The minimum absolute atomic E-state index is 0.108. The third-order valence-electron chi connectivity index (χ3n) is 2.71. The Labute approximate surface area is 125 Å². The number of nitrogens with one attached hydrogen (secondary N) is 1. The van der Waals surface area contributed by atoms with Crippen LogP contribution in [-0.2, 0) is 16.0 Å². The molecule has 3 N–H and O–H groups in total. The maximum atomic E-state index is 12.4. The van der Waals surface area contributed by atoms with Gasteiger partial charge in [0.15, 0.2) is 9.79 Å². The number of hydrogen-bond donors (Lipinski definition) is 2. The first-order chi connectivity index (χ1) is 10.1. The minimum atomic E-state index is -1.38. The van der Waals surface area contributed by atoms with Crippen molar-refractivity contribution in [3.63, 3.8) is 0 Å². The molecule has 0 heterocycles. The zero-order valence-corrected chi connectivity index (χ0v) is 11.9. The summed E-state index contributed by atoms with van der Waals surface area (Å²) in [4.78, 5) is 12.4. The first-order valence-corrected chi connectivity index (χ1v) is 7.31. The van der Waals surface area contributed by atoms with Gasteiger partial charge in [-0.2, -0.15) is 5.26 Å². The van der Waals surface area contributed by atoms with Crippen LogP contribution >= 0.6 is 0 Å². The number of carbonyl (C=O) groups is 1. The number of nitrogens with zero attached hydrogens (tertiary/aromatic N) is 1. The first-order valence-electron chi connectivity index (χ1n) is 6.16. The molecule has 2 aromatic rings. The fourth-order valence-corrected chi connectivity index (χ4v) is 2.78. The molecule has 2 rings (SSSR count). The number of hydrogen-bond acceptors (Lipinski definition) is 4. The van der Waals surface area contributed by atoms with E-state index in [9.17, 15) is 9.35 Å². The average molecular weight is 299 g/mol. The second-order valence-electron chi connectivity index (χ2n) is 4.19. The van der Waals surface area contributed by atoms with E-state index in [0.717, 1.165) is 0 Å². The second-order valence-corrected chi connectivity index (χ2v) is 5.67. The van der Waals surface area contributed by atoms with Gasteiger partial charge in [-0.3, -0.25) is 4.79 Å². The van der Waals surface area contributed by atoms with Crippen molar-refractivity contribution in [2.45, 2.75) is 9.79 Å². The molecule has 6 heteroatoms. The van der Waals surface area contributed by atoms with Crippen LogP contribution in [0.25, 0.3) is 0 Å². The minimum Gasteiger partial charge on any atom is -0.606 e. The van der Waals surface area contributed by atoms with Crippen LogP contribution in [0.2, 0.25) is 0 Å². The van der Waals surface area contributed by atoms with E-state index in [1.807, 2.05) is 6.07 Å². The molecule has 0 saturated heterocycles. The summed E-state index contributed by atoms with van der Waals surface area (Å²) >= 11 is -1.38. The lowest BCUT2D eigenvalue weighted by Crippen LogP contribution is -2.21. The summed E-state index contributed by atoms with van der Waals surface area (Å²) in [6, 6.07) is 15.3. The number of nitrogens with two attached hydrogens (primary N) is 1. The number of carbonyl (C=O) groups excluding carboxylic acids is 1. The van der Waals surface area contributed by atoms with E-state index in [1.54, 1.807) is 48.5 Å². The molecule has 21 heavy (non-hydrogen) atoms. The van der Waals surface area contributed by atoms with E-state index in [4.69, 9.17) is 11.0 Å². The quantitative estimate of drug-likeness (QED) is 0.837. The molecule has 5 nitrogen and oxygen atoms in total. The molecule has 2 aromatic carbocycles. The molecule has 0 fully saturated rings. The molecule has 0 radical (unpaired) electrons. The number of nitriles is 1. The van der Waals surface area contributed by atoms with Gasteiger partial charge in [-0.1, -0.05) is 6.07 Å². The maximum absolute atomic E-state index is 12.4. The molecule has 0 spiro atoms. The van der Waals surface area contributed by atoms with E-state index in [2.05, 4.69) is 5.32 Å². The van der Waals surface area contributed by atoms with Crippen LogP contribution in [0.1, 0.15) is 5.56 Å². The molecule has 1 amide bonds. The van der Waals surface area contributed by atoms with Gasteiger partial charge < -0.3 is 15.6 Å². The summed E-state index contributed by atoms with van der Waals surface area (Å²) in [5.74, 6) is -0.309. The Hall–Kier alpha value is -2.33. The summed E-state index contributed by atoms with van der Waals surface area (Å²) in [5, 5.41) is 11.4. The highest BCUT2D eigenvalue weighted by Gasteiger charge is 2.15. The monoisotopic (exact) mass is 299 g/mol. The summed E-state index contributed by atoms with van der Waals surface area (Å²) < 4.78 is 12.4. The lowest BCUT2D eigenvalue weighted by molar-refractivity contribution is -0.114. The van der Waals surface area contributed by atoms with Crippen molar-refractivity contribution in [3.8, 4) is 6.07 Å². The third kappa shape index (κ3) is 3.83. The molecule has 0 aliphatic heterocycles. The highest BCUT2D eigenvalue weighted by Crippen LogP contribution is 2.23. The first kappa shape index (κ1) is 15.1. The van der Waals surface area contributed by atoms with Crippen LogP contribution in [-0.4, -0.2) is 17.0 Å². The normalized spacial score (nSPS) is 11.5. The molecule has 0 bridgehead atoms. The van der Waals surface area contributed by atoms with Gasteiger partial charge >= 0.3 is 0 Å². The molecule has 0 saturated carbocycles. The van der Waals surface area contributed by atoms with Gasteiger partial charge in [0.1, 0.15) is 0 Å². The number of anilines is 1. The SMILES string of the molecule is N#Cc1ccc([S+]([O-])c2cccc(NC(=O)CN)c2)cc1. The van der Waals surface area contributed by atoms with Crippen LogP contribution in [0.5, 0.6) is 0 Å². The molecule has 0 aliphatic rings. The molecule has 106 valence electrons. The van der Waals surface area contributed by atoms with E-state index in [1.165, 1.54) is 0 Å². The Morgan fingerprint density at radius 2 is 1.95 bits per heavy atom. The Bertz CT molecular complexity index is 680. The topological polar surface area (TPSA) is 102 Å². The summed E-state index contributed by atoms with van der Waals surface area (Å²) in [5.41, 5.74) is 6.30. The third-order valence-corrected chi connectivity index (χ3v) is 4.10. The standard InChI is InChI=1S/C15H13N3O2S/c16-9-11-4-6-13(7-5-11)21(20)14-3-1-2-12(8-14)18-15(19)10-17/h1-8H,10,17H2,(H,18,19). The summed E-state index contributed by atoms with van der Waals surface area (Å²) in [6.45, 7) is -0.108. The summed E-state index contributed by atoms with van der Waals surface area (Å²) in [6.07, 6.45) is 0. The van der Waals surface area contributed by atoms with Crippen molar-refractivity contribution in [1.82, 2.24) is 0 Å². The van der Waals surface area contributed by atoms with Gasteiger partial charge in [-0.15, -0.1) is 0 Å². The lowest BCUT2D eigenvalue weighted by atomic mass is 10.2. The fourth-order valence-electron chi connectivity index (χ4n) is 1.69. The van der Waals surface area contributed by atoms with Crippen molar-refractivity contribution < 1.29 is 9.35 Å². The molecular formula is C15H13N3O2S. The van der Waals surface area contributed by atoms with Gasteiger partial charge in [0.25, 0.3) is 0 Å². The van der Waals surface area contributed by atoms with Crippen LogP contribution < -0.4 is 11.1 Å². The van der Waals surface area contributed by atoms with Crippen molar-refractivity contribution in [2.24, 2.45) is 5.73 Å². The van der Waals surface area contributed by atoms with E-state index in [0.29, 0.717) is 21.0 Å². The second kappa shape index (κ2) is 6.90. The van der Waals surface area contributed by atoms with Gasteiger partial charge in [0, 0.05) is 22.9 Å². The van der Waals surface area contributed by atoms with E-state index in [-0.39, 0.29) is 12.5 Å². The Morgan fingerprint density at radius 1 is 1.24 bits per heavy atom. The predicted octanol–water partition coefficient (Wildman–Crippen LogP) is 1.62. The van der Waals surface area contributed by atoms with E-state index >= 15 is 0 Å². The average Bonchev–Trinajstić information content (AvgIpc) is 2.54. The van der Waals surface area contributed by atoms with E-state index < -0.39 is 11.2 Å². The lowest BCUT2D eigenvalue weighted by Gasteiger charge is -2.11. The number of benzene rings is 2. The molecule has 0 aliphatic carbocycles. The number of amides is 1. The molecule has 0 aromatic heterocycles. The van der Waals surface area contributed by atoms with Crippen molar-refractivity contribution in [2.75, 3.05) is 11.9 Å². The van der Waals surface area contributed by atoms with Crippen LogP contribution in [0.3, 0.4) is 0 Å². The van der Waals surface area contributed by atoms with Crippen molar-refractivity contribution >= 4 is 22.8 Å². The Kier molecular flexibility index (Phi) is 4.95. The zero-order valence-electron chi connectivity index (χ0n) is 11.1. The van der Waals surface area contributed by atoms with Crippen molar-refractivity contribution in [3.05, 3.63) is 54.1 Å². The summed E-state index contributed by atoms with van der Waals surface area (Å²) in [7, 11) is 0. The predicted molar refractivity (Wildman–Crippen MR) is 80.0 cm³/mol.